The Morgan fingerprint density at radius 2 is 1.87 bits per heavy atom. The minimum Gasteiger partial charge on any atom is -0.494 e. The maximum atomic E-state index is 12.6. The summed E-state index contributed by atoms with van der Waals surface area (Å²) in [6, 6.07) is 20.8. The largest absolute Gasteiger partial charge is 0.494 e. The topological polar surface area (TPSA) is 59.4 Å². The van der Waals surface area contributed by atoms with E-state index in [-0.39, 0.29) is 5.91 Å². The zero-order chi connectivity index (χ0) is 21.4. The number of carbonyl (C=O) groups is 1. The maximum absolute atomic E-state index is 12.6. The Morgan fingerprint density at radius 3 is 2.68 bits per heavy atom. The van der Waals surface area contributed by atoms with Crippen LogP contribution in [-0.2, 0) is 13.1 Å². The van der Waals surface area contributed by atoms with Crippen LogP contribution < -0.4 is 15.0 Å². The van der Waals surface area contributed by atoms with Crippen LogP contribution in [0.15, 0.2) is 66.7 Å². The van der Waals surface area contributed by atoms with Crippen molar-refractivity contribution >= 4 is 39.9 Å². The maximum Gasteiger partial charge on any atom is 0.255 e. The molecule has 1 aliphatic rings. The number of amides is 1. The van der Waals surface area contributed by atoms with E-state index in [0.29, 0.717) is 28.6 Å². The lowest BCUT2D eigenvalue weighted by atomic mass is 10.2. The third-order valence-electron chi connectivity index (χ3n) is 5.56. The van der Waals surface area contributed by atoms with Crippen LogP contribution in [0.2, 0.25) is 5.02 Å². The molecule has 31 heavy (non-hydrogen) atoms. The zero-order valence-electron chi connectivity index (χ0n) is 17.0. The molecule has 0 atom stereocenters. The average Bonchev–Trinajstić information content (AvgIpc) is 3.17. The smallest absolute Gasteiger partial charge is 0.255 e. The van der Waals surface area contributed by atoms with E-state index >= 15 is 0 Å². The summed E-state index contributed by atoms with van der Waals surface area (Å²) in [5.74, 6) is 1.44. The monoisotopic (exact) mass is 432 g/mol. The number of nitrogens with one attached hydrogen (secondary N) is 1. The SMILES string of the molecule is COc1cc(N2CCn3c(nc4ccccc43)C2)ccc1NC(=O)c1ccc(Cl)cc1. The van der Waals surface area contributed by atoms with Crippen LogP contribution in [0.3, 0.4) is 0 Å². The van der Waals surface area contributed by atoms with Crippen molar-refractivity contribution in [2.45, 2.75) is 13.1 Å². The molecule has 0 bridgehead atoms. The first kappa shape index (κ1) is 19.5. The van der Waals surface area contributed by atoms with Gasteiger partial charge in [0.2, 0.25) is 0 Å². The fourth-order valence-electron chi connectivity index (χ4n) is 3.96. The molecule has 0 radical (unpaired) electrons. The van der Waals surface area contributed by atoms with E-state index in [2.05, 4.69) is 20.9 Å². The second kappa shape index (κ2) is 7.96. The van der Waals surface area contributed by atoms with E-state index in [1.54, 1.807) is 31.4 Å². The lowest BCUT2D eigenvalue weighted by Crippen LogP contribution is -2.33. The molecule has 5 rings (SSSR count). The van der Waals surface area contributed by atoms with Gasteiger partial charge in [-0.15, -0.1) is 0 Å². The summed E-state index contributed by atoms with van der Waals surface area (Å²) in [7, 11) is 1.60. The number of hydrogen-bond acceptors (Lipinski definition) is 4. The minimum absolute atomic E-state index is 0.214. The van der Waals surface area contributed by atoms with Crippen LogP contribution in [0, 0.1) is 0 Å². The molecule has 1 aromatic heterocycles. The van der Waals surface area contributed by atoms with Gasteiger partial charge in [-0.05, 0) is 48.5 Å². The van der Waals surface area contributed by atoms with E-state index in [4.69, 9.17) is 21.3 Å². The number of rotatable bonds is 4. The molecule has 2 heterocycles. The fourth-order valence-corrected chi connectivity index (χ4v) is 4.09. The van der Waals surface area contributed by atoms with Crippen LogP contribution in [0.5, 0.6) is 5.75 Å². The number of para-hydroxylation sites is 2. The van der Waals surface area contributed by atoms with Crippen LogP contribution in [-0.4, -0.2) is 29.1 Å². The van der Waals surface area contributed by atoms with Crippen molar-refractivity contribution in [2.75, 3.05) is 23.9 Å². The summed E-state index contributed by atoms with van der Waals surface area (Å²) >= 11 is 5.91. The standard InChI is InChI=1S/C24H21ClN4O2/c1-31-22-14-18(10-11-20(22)27-24(30)16-6-8-17(25)9-7-16)28-12-13-29-21-5-3-2-4-19(21)26-23(29)15-28/h2-11,14H,12-13,15H2,1H3,(H,27,30). The van der Waals surface area contributed by atoms with E-state index in [1.165, 1.54) is 5.52 Å². The van der Waals surface area contributed by atoms with Gasteiger partial charge in [0.15, 0.2) is 0 Å². The van der Waals surface area contributed by atoms with Gasteiger partial charge in [0.25, 0.3) is 5.91 Å². The Hall–Kier alpha value is -3.51. The number of carbonyl (C=O) groups excluding carboxylic acids is 1. The van der Waals surface area contributed by atoms with Gasteiger partial charge in [0.1, 0.15) is 11.6 Å². The second-order valence-electron chi connectivity index (χ2n) is 7.44. The van der Waals surface area contributed by atoms with Crippen molar-refractivity contribution in [3.8, 4) is 5.75 Å². The molecule has 0 saturated heterocycles. The number of nitrogens with zero attached hydrogens (tertiary/aromatic N) is 3. The van der Waals surface area contributed by atoms with E-state index in [0.717, 1.165) is 30.1 Å². The predicted molar refractivity (Wildman–Crippen MR) is 123 cm³/mol. The molecule has 1 N–H and O–H groups in total. The van der Waals surface area contributed by atoms with Gasteiger partial charge in [0.05, 0.1) is 30.4 Å². The highest BCUT2D eigenvalue weighted by molar-refractivity contribution is 6.30. The number of methoxy groups -OCH3 is 1. The third-order valence-corrected chi connectivity index (χ3v) is 5.82. The highest BCUT2D eigenvalue weighted by Gasteiger charge is 2.21. The number of benzene rings is 3. The Labute approximate surface area is 185 Å². The van der Waals surface area contributed by atoms with Crippen LogP contribution >= 0.6 is 11.6 Å². The molecule has 0 spiro atoms. The normalized spacial score (nSPS) is 13.2. The molecule has 7 heteroatoms. The van der Waals surface area contributed by atoms with Gasteiger partial charge < -0.3 is 19.5 Å². The van der Waals surface area contributed by atoms with Crippen LogP contribution in [0.4, 0.5) is 11.4 Å². The Balaban J connectivity index is 1.37. The lowest BCUT2D eigenvalue weighted by molar-refractivity contribution is 0.102. The van der Waals surface area contributed by atoms with Crippen molar-refractivity contribution in [3.05, 3.63) is 83.1 Å². The Morgan fingerprint density at radius 1 is 1.06 bits per heavy atom. The number of fused-ring (bicyclic) bond motifs is 3. The summed E-state index contributed by atoms with van der Waals surface area (Å²) in [5, 5.41) is 3.51. The Bertz CT molecular complexity index is 1270. The summed E-state index contributed by atoms with van der Waals surface area (Å²) in [6.45, 7) is 2.45. The number of imidazole rings is 1. The summed E-state index contributed by atoms with van der Waals surface area (Å²) in [5.41, 5.74) is 4.38. The number of aromatic nitrogens is 2. The molecule has 0 fully saturated rings. The highest BCUT2D eigenvalue weighted by atomic mass is 35.5. The first-order valence-corrected chi connectivity index (χ1v) is 10.4. The molecule has 0 aliphatic carbocycles. The van der Waals surface area contributed by atoms with E-state index in [9.17, 15) is 4.79 Å². The van der Waals surface area contributed by atoms with Crippen molar-refractivity contribution < 1.29 is 9.53 Å². The molecule has 6 nitrogen and oxygen atoms in total. The lowest BCUT2D eigenvalue weighted by Gasteiger charge is -2.30. The molecule has 1 aliphatic heterocycles. The molecule has 0 unspecified atom stereocenters. The molecule has 3 aromatic carbocycles. The van der Waals surface area contributed by atoms with Gasteiger partial charge in [-0.3, -0.25) is 4.79 Å². The van der Waals surface area contributed by atoms with Crippen LogP contribution in [0.25, 0.3) is 11.0 Å². The van der Waals surface area contributed by atoms with Gasteiger partial charge in [-0.25, -0.2) is 4.98 Å². The number of halogens is 1. The quantitative estimate of drug-likeness (QED) is 0.494. The summed E-state index contributed by atoms with van der Waals surface area (Å²) < 4.78 is 7.85. The number of ether oxygens (including phenoxy) is 1. The van der Waals surface area contributed by atoms with Crippen molar-refractivity contribution in [3.63, 3.8) is 0 Å². The predicted octanol–water partition coefficient (Wildman–Crippen LogP) is 4.97. The first-order valence-electron chi connectivity index (χ1n) is 10.1. The fraction of sp³-hybridized carbons (Fsp3) is 0.167. The van der Waals surface area contributed by atoms with Crippen LogP contribution in [0.1, 0.15) is 16.2 Å². The molecule has 4 aromatic rings. The second-order valence-corrected chi connectivity index (χ2v) is 7.87. The van der Waals surface area contributed by atoms with Crippen molar-refractivity contribution in [1.29, 1.82) is 0 Å². The summed E-state index contributed by atoms with van der Waals surface area (Å²) in [4.78, 5) is 19.6. The molecular formula is C24H21ClN4O2. The van der Waals surface area contributed by atoms with E-state index < -0.39 is 0 Å². The summed E-state index contributed by atoms with van der Waals surface area (Å²) in [6.07, 6.45) is 0. The average molecular weight is 433 g/mol. The molecule has 0 saturated carbocycles. The highest BCUT2D eigenvalue weighted by Crippen LogP contribution is 2.32. The van der Waals surface area contributed by atoms with Crippen molar-refractivity contribution in [1.82, 2.24) is 9.55 Å². The number of anilines is 2. The van der Waals surface area contributed by atoms with Crippen molar-refractivity contribution in [2.24, 2.45) is 0 Å². The molecular weight excluding hydrogens is 412 g/mol. The third kappa shape index (κ3) is 3.70. The zero-order valence-corrected chi connectivity index (χ0v) is 17.8. The number of hydrogen-bond donors (Lipinski definition) is 1. The first-order chi connectivity index (χ1) is 15.1. The van der Waals surface area contributed by atoms with Gasteiger partial charge in [-0.2, -0.15) is 0 Å². The van der Waals surface area contributed by atoms with E-state index in [1.807, 2.05) is 36.4 Å². The van der Waals surface area contributed by atoms with Gasteiger partial charge in [0, 0.05) is 35.4 Å². The van der Waals surface area contributed by atoms with Gasteiger partial charge >= 0.3 is 0 Å². The molecule has 156 valence electrons. The molecule has 1 amide bonds. The Kier molecular flexibility index (Phi) is 5.00. The minimum atomic E-state index is -0.214. The van der Waals surface area contributed by atoms with Gasteiger partial charge in [-0.1, -0.05) is 23.7 Å².